The van der Waals surface area contributed by atoms with Crippen LogP contribution in [0.5, 0.6) is 11.5 Å². The molecule has 7 heteroatoms. The van der Waals surface area contributed by atoms with E-state index in [-0.39, 0.29) is 18.0 Å². The van der Waals surface area contributed by atoms with E-state index in [9.17, 15) is 14.4 Å². The zero-order valence-electron chi connectivity index (χ0n) is 17.5. The molecule has 0 bridgehead atoms. The number of methoxy groups -OCH3 is 1. The van der Waals surface area contributed by atoms with Gasteiger partial charge in [-0.15, -0.1) is 0 Å². The highest BCUT2D eigenvalue weighted by Crippen LogP contribution is 2.38. The average molecular weight is 495 g/mol. The van der Waals surface area contributed by atoms with Gasteiger partial charge in [0.15, 0.2) is 11.5 Å². The van der Waals surface area contributed by atoms with Gasteiger partial charge in [-0.3, -0.25) is 4.79 Å². The fourth-order valence-electron chi connectivity index (χ4n) is 2.88. The number of carbonyl (C=O) groups excluding carboxylic acids is 1. The molecule has 0 aromatic heterocycles. The van der Waals surface area contributed by atoms with E-state index in [1.54, 1.807) is 42.5 Å². The van der Waals surface area contributed by atoms with E-state index >= 15 is 0 Å². The van der Waals surface area contributed by atoms with E-state index in [1.165, 1.54) is 19.3 Å². The number of ether oxygens (including phenoxy) is 2. The molecule has 0 saturated carbocycles. The molecule has 0 saturated heterocycles. The summed E-state index contributed by atoms with van der Waals surface area (Å²) in [6, 6.07) is 18.9. The molecule has 0 aliphatic rings. The topological polar surface area (TPSA) is 71.3 Å². The van der Waals surface area contributed by atoms with Crippen molar-refractivity contribution in [3.05, 3.63) is 93.2 Å². The van der Waals surface area contributed by atoms with Crippen LogP contribution in [0.2, 0.25) is 0 Å². The molecule has 3 aromatic rings. The van der Waals surface area contributed by atoms with E-state index in [0.29, 0.717) is 32.8 Å². The normalized spacial score (nSPS) is 10.9. The van der Waals surface area contributed by atoms with Crippen LogP contribution in [0.3, 0.4) is 0 Å². The number of amides is 1. The van der Waals surface area contributed by atoms with Gasteiger partial charge in [0, 0.05) is 11.3 Å². The Morgan fingerprint density at radius 2 is 1.91 bits per heavy atom. The molecule has 3 aromatic carbocycles. The van der Waals surface area contributed by atoms with Gasteiger partial charge in [-0.2, -0.15) is 5.26 Å². The fourth-order valence-corrected chi connectivity index (χ4v) is 3.45. The number of hydrogen-bond donors (Lipinski definition) is 1. The lowest BCUT2D eigenvalue weighted by molar-refractivity contribution is -0.112. The first-order valence-electron chi connectivity index (χ1n) is 9.65. The molecule has 1 N–H and O–H groups in total. The summed E-state index contributed by atoms with van der Waals surface area (Å²) in [5.74, 6) is -0.125. The number of nitrogens with zero attached hydrogens (tertiary/aromatic N) is 1. The lowest BCUT2D eigenvalue weighted by atomic mass is 10.1. The van der Waals surface area contributed by atoms with Crippen molar-refractivity contribution in [1.29, 1.82) is 5.26 Å². The summed E-state index contributed by atoms with van der Waals surface area (Å²) in [4.78, 5) is 12.5. The van der Waals surface area contributed by atoms with E-state index in [0.717, 1.165) is 5.56 Å². The molecule has 5 nitrogen and oxygen atoms in total. The molecule has 0 heterocycles. The Kier molecular flexibility index (Phi) is 7.63. The molecule has 32 heavy (non-hydrogen) atoms. The second-order valence-corrected chi connectivity index (χ2v) is 7.76. The Bertz CT molecular complexity index is 1200. The number of benzene rings is 3. The number of halogens is 2. The predicted molar refractivity (Wildman–Crippen MR) is 125 cm³/mol. The van der Waals surface area contributed by atoms with Gasteiger partial charge >= 0.3 is 0 Å². The molecular formula is C25H20BrFN2O3. The minimum absolute atomic E-state index is 0.0131. The van der Waals surface area contributed by atoms with Gasteiger partial charge in [0.1, 0.15) is 24.1 Å². The summed E-state index contributed by atoms with van der Waals surface area (Å²) in [7, 11) is 1.47. The molecule has 0 aliphatic carbocycles. The third-order valence-corrected chi connectivity index (χ3v) is 5.16. The second kappa shape index (κ2) is 10.6. The van der Waals surface area contributed by atoms with Gasteiger partial charge in [0.2, 0.25) is 0 Å². The van der Waals surface area contributed by atoms with Crippen molar-refractivity contribution >= 4 is 33.6 Å². The summed E-state index contributed by atoms with van der Waals surface area (Å²) in [6.07, 6.45) is 1.46. The molecule has 3 rings (SSSR count). The lowest BCUT2D eigenvalue weighted by Gasteiger charge is -2.14. The van der Waals surface area contributed by atoms with Crippen molar-refractivity contribution in [2.75, 3.05) is 12.4 Å². The first-order valence-corrected chi connectivity index (χ1v) is 10.4. The molecule has 0 aliphatic heterocycles. The number of rotatable bonds is 7. The summed E-state index contributed by atoms with van der Waals surface area (Å²) >= 11 is 3.43. The van der Waals surface area contributed by atoms with Crippen molar-refractivity contribution < 1.29 is 18.7 Å². The maximum Gasteiger partial charge on any atom is 0.266 e. The van der Waals surface area contributed by atoms with Crippen LogP contribution in [-0.4, -0.2) is 13.0 Å². The third kappa shape index (κ3) is 5.74. The Labute approximate surface area is 194 Å². The third-order valence-electron chi connectivity index (χ3n) is 4.57. The van der Waals surface area contributed by atoms with E-state index in [1.807, 2.05) is 25.1 Å². The maximum atomic E-state index is 13.9. The highest BCUT2D eigenvalue weighted by atomic mass is 79.9. The van der Waals surface area contributed by atoms with E-state index < -0.39 is 5.91 Å². The largest absolute Gasteiger partial charge is 0.493 e. The monoisotopic (exact) mass is 494 g/mol. The van der Waals surface area contributed by atoms with Crippen LogP contribution in [-0.2, 0) is 11.4 Å². The van der Waals surface area contributed by atoms with Crippen molar-refractivity contribution in [2.24, 2.45) is 0 Å². The van der Waals surface area contributed by atoms with Gasteiger partial charge in [-0.05, 0) is 64.8 Å². The Balaban J connectivity index is 1.82. The number of carbonyl (C=O) groups is 1. The first-order chi connectivity index (χ1) is 15.4. The Hall–Kier alpha value is -3.63. The molecule has 0 fully saturated rings. The molecule has 0 spiro atoms. The molecule has 0 unspecified atom stereocenters. The predicted octanol–water partition coefficient (Wildman–Crippen LogP) is 6.03. The average Bonchev–Trinajstić information content (AvgIpc) is 2.78. The number of nitriles is 1. The number of anilines is 1. The molecule has 162 valence electrons. The van der Waals surface area contributed by atoms with Crippen LogP contribution in [0.4, 0.5) is 10.1 Å². The van der Waals surface area contributed by atoms with Crippen LogP contribution < -0.4 is 14.8 Å². The SMILES string of the molecule is COc1cc(/C=C(\C#N)C(=O)Nc2ccc(C)cc2)cc(Br)c1OCc1ccccc1F. The quantitative estimate of drug-likeness (QED) is 0.321. The van der Waals surface area contributed by atoms with Gasteiger partial charge in [-0.25, -0.2) is 4.39 Å². The minimum Gasteiger partial charge on any atom is -0.493 e. The zero-order chi connectivity index (χ0) is 23.1. The van der Waals surface area contributed by atoms with Crippen LogP contribution in [0, 0.1) is 24.1 Å². The van der Waals surface area contributed by atoms with E-state index in [4.69, 9.17) is 9.47 Å². The van der Waals surface area contributed by atoms with Crippen molar-refractivity contribution in [1.82, 2.24) is 0 Å². The summed E-state index contributed by atoms with van der Waals surface area (Å²) in [5, 5.41) is 12.2. The van der Waals surface area contributed by atoms with Crippen molar-refractivity contribution in [3.63, 3.8) is 0 Å². The second-order valence-electron chi connectivity index (χ2n) is 6.90. The van der Waals surface area contributed by atoms with Gasteiger partial charge < -0.3 is 14.8 Å². The van der Waals surface area contributed by atoms with Gasteiger partial charge in [-0.1, -0.05) is 35.9 Å². The Morgan fingerprint density at radius 1 is 1.19 bits per heavy atom. The Morgan fingerprint density at radius 3 is 2.56 bits per heavy atom. The van der Waals surface area contributed by atoms with Crippen molar-refractivity contribution in [3.8, 4) is 17.6 Å². The first kappa shape index (κ1) is 23.0. The molecular weight excluding hydrogens is 475 g/mol. The number of nitrogens with one attached hydrogen (secondary N) is 1. The van der Waals surface area contributed by atoms with Crippen LogP contribution in [0.25, 0.3) is 6.08 Å². The van der Waals surface area contributed by atoms with Gasteiger partial charge in [0.05, 0.1) is 11.6 Å². The molecule has 0 atom stereocenters. The van der Waals surface area contributed by atoms with Gasteiger partial charge in [0.25, 0.3) is 5.91 Å². The van der Waals surface area contributed by atoms with Crippen molar-refractivity contribution in [2.45, 2.75) is 13.5 Å². The summed E-state index contributed by atoms with van der Waals surface area (Å²) < 4.78 is 25.6. The molecule has 0 radical (unpaired) electrons. The zero-order valence-corrected chi connectivity index (χ0v) is 19.1. The lowest BCUT2D eigenvalue weighted by Crippen LogP contribution is -2.13. The summed E-state index contributed by atoms with van der Waals surface area (Å²) in [6.45, 7) is 1.96. The van der Waals surface area contributed by atoms with Crippen LogP contribution >= 0.6 is 15.9 Å². The standard InChI is InChI=1S/C25H20BrFN2O3/c1-16-7-9-20(10-8-16)29-25(30)19(14-28)11-17-12-21(26)24(23(13-17)31-2)32-15-18-5-3-4-6-22(18)27/h3-13H,15H2,1-2H3,(H,29,30)/b19-11+. The minimum atomic E-state index is -0.522. The summed E-state index contributed by atoms with van der Waals surface area (Å²) in [5.41, 5.74) is 2.55. The smallest absolute Gasteiger partial charge is 0.266 e. The highest BCUT2D eigenvalue weighted by Gasteiger charge is 2.15. The maximum absolute atomic E-state index is 13.9. The highest BCUT2D eigenvalue weighted by molar-refractivity contribution is 9.10. The fraction of sp³-hybridized carbons (Fsp3) is 0.120. The van der Waals surface area contributed by atoms with Crippen LogP contribution in [0.15, 0.2) is 70.7 Å². The van der Waals surface area contributed by atoms with Crippen LogP contribution in [0.1, 0.15) is 16.7 Å². The van der Waals surface area contributed by atoms with E-state index in [2.05, 4.69) is 21.2 Å². The number of aryl methyl sites for hydroxylation is 1. The number of hydrogen-bond acceptors (Lipinski definition) is 4. The molecule has 1 amide bonds.